The normalized spacial score (nSPS) is 12.3. The summed E-state index contributed by atoms with van der Waals surface area (Å²) in [4.78, 5) is 44.6. The number of methoxy groups -OCH3 is 1. The van der Waals surface area contributed by atoms with Crippen LogP contribution in [0.2, 0.25) is 0 Å². The molecule has 1 aliphatic heterocycles. The lowest BCUT2D eigenvalue weighted by Crippen LogP contribution is -2.42. The minimum Gasteiger partial charge on any atom is -0.487 e. The van der Waals surface area contributed by atoms with Crippen molar-refractivity contribution >= 4 is 22.5 Å². The maximum absolute atomic E-state index is 15.9. The molecule has 0 aliphatic carbocycles. The van der Waals surface area contributed by atoms with Crippen LogP contribution in [0.4, 0.5) is 14.5 Å². The summed E-state index contributed by atoms with van der Waals surface area (Å²) in [6, 6.07) is 10.6. The second-order valence-corrected chi connectivity index (χ2v) is 11.6. The predicted octanol–water partition coefficient (Wildman–Crippen LogP) is 5.81. The van der Waals surface area contributed by atoms with Crippen LogP contribution in [0.1, 0.15) is 42.6 Å². The summed E-state index contributed by atoms with van der Waals surface area (Å²) in [6.07, 6.45) is 2.66. The van der Waals surface area contributed by atoms with Crippen molar-refractivity contribution in [1.29, 1.82) is 0 Å². The van der Waals surface area contributed by atoms with Gasteiger partial charge in [0.05, 0.1) is 23.2 Å². The molecule has 6 rings (SSSR count). The summed E-state index contributed by atoms with van der Waals surface area (Å²) in [7, 11) is 1.57. The summed E-state index contributed by atoms with van der Waals surface area (Å²) < 4.78 is 60.4. The van der Waals surface area contributed by atoms with E-state index in [1.54, 1.807) is 26.2 Å². The van der Waals surface area contributed by atoms with Gasteiger partial charge in [0.15, 0.2) is 23.1 Å². The van der Waals surface area contributed by atoms with Gasteiger partial charge in [0, 0.05) is 43.9 Å². The molecule has 3 aromatic carbocycles. The molecule has 0 radical (unpaired) electrons. The summed E-state index contributed by atoms with van der Waals surface area (Å²) in [5.41, 5.74) is -0.825. The Morgan fingerprint density at radius 1 is 0.980 bits per heavy atom. The third-order valence-electron chi connectivity index (χ3n) is 8.01. The second kappa shape index (κ2) is 14.4. The van der Waals surface area contributed by atoms with Crippen LogP contribution in [0.25, 0.3) is 16.6 Å². The van der Waals surface area contributed by atoms with Crippen LogP contribution in [-0.2, 0) is 11.3 Å². The molecular formula is C36H34F2N4O8. The summed E-state index contributed by atoms with van der Waals surface area (Å²) >= 11 is 0. The monoisotopic (exact) mass is 688 g/mol. The fraction of sp³-hybridized carbons (Fsp3) is 0.278. The Labute approximate surface area is 284 Å². The maximum Gasteiger partial charge on any atom is 0.335 e. The lowest BCUT2D eigenvalue weighted by Gasteiger charge is -2.24. The first-order valence-electron chi connectivity index (χ1n) is 15.9. The first-order valence-corrected chi connectivity index (χ1v) is 15.9. The molecule has 0 atom stereocenters. The van der Waals surface area contributed by atoms with Gasteiger partial charge in [0.2, 0.25) is 5.75 Å². The minimum atomic E-state index is -0.915. The summed E-state index contributed by atoms with van der Waals surface area (Å²) in [5.74, 6) is -1.22. The standard InChI is InChI=1S/C36H34F2N4O8/c1-5-41-19-24(35(44)42(36(41)45)22-8-6-21(37)7-9-22)34(43)40-26-17-25(38)29(16-23(26)20(2)3)50-28-10-11-39-27-18-30(47-13-12-46-4)32-33(31(27)28)49-15-14-48-32/h6-11,16-20H,5,12-15H2,1-4H3,(H,40,43). The van der Waals surface area contributed by atoms with Gasteiger partial charge in [-0.05, 0) is 54.8 Å². The Hall–Kier alpha value is -5.76. The average Bonchev–Trinajstić information content (AvgIpc) is 3.10. The van der Waals surface area contributed by atoms with Crippen LogP contribution in [0.5, 0.6) is 28.7 Å². The zero-order chi connectivity index (χ0) is 35.5. The highest BCUT2D eigenvalue weighted by Gasteiger charge is 2.26. The molecule has 12 nitrogen and oxygen atoms in total. The van der Waals surface area contributed by atoms with E-state index in [0.717, 1.165) is 29.0 Å². The van der Waals surface area contributed by atoms with Crippen LogP contribution in [-0.4, -0.2) is 53.6 Å². The minimum absolute atomic E-state index is 0.0883. The van der Waals surface area contributed by atoms with Crippen molar-refractivity contribution in [2.75, 3.05) is 38.9 Å². The SMILES string of the molecule is CCn1cc(C(=O)Nc2cc(F)c(Oc3ccnc4cc(OCCOC)c5c(c34)OCCO5)cc2C(C)C)c(=O)n(-c2ccc(F)cc2)c1=O. The average molecular weight is 689 g/mol. The van der Waals surface area contributed by atoms with Gasteiger partial charge in [-0.3, -0.25) is 19.1 Å². The van der Waals surface area contributed by atoms with E-state index in [1.807, 2.05) is 13.8 Å². The largest absolute Gasteiger partial charge is 0.487 e. The highest BCUT2D eigenvalue weighted by atomic mass is 19.1. The van der Waals surface area contributed by atoms with Crippen molar-refractivity contribution in [2.45, 2.75) is 33.2 Å². The van der Waals surface area contributed by atoms with E-state index in [0.29, 0.717) is 46.9 Å². The number of nitrogens with zero attached hydrogens (tertiary/aromatic N) is 3. The van der Waals surface area contributed by atoms with Gasteiger partial charge in [-0.15, -0.1) is 0 Å². The Kier molecular flexibility index (Phi) is 9.81. The summed E-state index contributed by atoms with van der Waals surface area (Å²) in [5, 5.41) is 3.10. The van der Waals surface area contributed by atoms with E-state index in [-0.39, 0.29) is 54.1 Å². The van der Waals surface area contributed by atoms with Crippen molar-refractivity contribution in [1.82, 2.24) is 14.1 Å². The molecule has 0 unspecified atom stereocenters. The molecule has 14 heteroatoms. The number of carbonyl (C=O) groups excluding carboxylic acids is 1. The molecule has 1 N–H and O–H groups in total. The van der Waals surface area contributed by atoms with Gasteiger partial charge in [-0.2, -0.15) is 0 Å². The number of benzene rings is 3. The zero-order valence-electron chi connectivity index (χ0n) is 27.7. The van der Waals surface area contributed by atoms with Crippen LogP contribution in [0, 0.1) is 11.6 Å². The fourth-order valence-electron chi connectivity index (χ4n) is 5.54. The highest BCUT2D eigenvalue weighted by molar-refractivity contribution is 6.04. The van der Waals surface area contributed by atoms with Crippen LogP contribution in [0.15, 0.2) is 70.5 Å². The van der Waals surface area contributed by atoms with Gasteiger partial charge in [-0.25, -0.2) is 18.1 Å². The molecule has 1 aliphatic rings. The number of rotatable bonds is 11. The fourth-order valence-corrected chi connectivity index (χ4v) is 5.54. The molecule has 50 heavy (non-hydrogen) atoms. The van der Waals surface area contributed by atoms with Crippen molar-refractivity contribution < 1.29 is 37.3 Å². The van der Waals surface area contributed by atoms with E-state index in [1.165, 1.54) is 29.0 Å². The molecule has 3 heterocycles. The number of carbonyl (C=O) groups is 1. The number of anilines is 1. The Morgan fingerprint density at radius 2 is 1.72 bits per heavy atom. The quantitative estimate of drug-likeness (QED) is 0.171. The number of aromatic nitrogens is 3. The Morgan fingerprint density at radius 3 is 2.42 bits per heavy atom. The molecule has 0 bridgehead atoms. The van der Waals surface area contributed by atoms with Crippen molar-refractivity contribution in [3.8, 4) is 34.4 Å². The number of pyridine rings is 1. The Bertz CT molecular complexity index is 2200. The van der Waals surface area contributed by atoms with Crippen molar-refractivity contribution in [3.63, 3.8) is 0 Å². The molecule has 260 valence electrons. The van der Waals surface area contributed by atoms with Gasteiger partial charge in [-0.1, -0.05) is 13.8 Å². The number of nitrogens with one attached hydrogen (secondary N) is 1. The summed E-state index contributed by atoms with van der Waals surface area (Å²) in [6.45, 7) is 6.71. The molecular weight excluding hydrogens is 654 g/mol. The first-order chi connectivity index (χ1) is 24.1. The van der Waals surface area contributed by atoms with E-state index < -0.39 is 28.8 Å². The van der Waals surface area contributed by atoms with Crippen LogP contribution in [0.3, 0.4) is 0 Å². The number of hydrogen-bond donors (Lipinski definition) is 1. The molecule has 0 saturated heterocycles. The lowest BCUT2D eigenvalue weighted by molar-refractivity contribution is 0.102. The lowest BCUT2D eigenvalue weighted by atomic mass is 10.00. The topological polar surface area (TPSA) is 132 Å². The Balaban J connectivity index is 1.36. The van der Waals surface area contributed by atoms with Crippen LogP contribution >= 0.6 is 0 Å². The number of fused-ring (bicyclic) bond motifs is 3. The molecule has 0 saturated carbocycles. The van der Waals surface area contributed by atoms with Crippen LogP contribution < -0.4 is 35.5 Å². The van der Waals surface area contributed by atoms with Gasteiger partial charge >= 0.3 is 5.69 Å². The molecule has 2 aromatic heterocycles. The number of ether oxygens (including phenoxy) is 5. The van der Waals surface area contributed by atoms with E-state index in [4.69, 9.17) is 23.7 Å². The number of halogens is 2. The van der Waals surface area contributed by atoms with E-state index >= 15 is 4.39 Å². The zero-order valence-corrected chi connectivity index (χ0v) is 27.7. The third kappa shape index (κ3) is 6.61. The molecule has 0 spiro atoms. The number of amides is 1. The second-order valence-electron chi connectivity index (χ2n) is 11.6. The van der Waals surface area contributed by atoms with Gasteiger partial charge in [0.1, 0.15) is 37.0 Å². The van der Waals surface area contributed by atoms with Gasteiger partial charge in [0.25, 0.3) is 11.5 Å². The third-order valence-corrected chi connectivity index (χ3v) is 8.01. The molecule has 1 amide bonds. The highest BCUT2D eigenvalue weighted by Crippen LogP contribution is 2.48. The smallest absolute Gasteiger partial charge is 0.335 e. The molecule has 5 aromatic rings. The number of hydrogen-bond acceptors (Lipinski definition) is 9. The maximum atomic E-state index is 15.9. The van der Waals surface area contributed by atoms with E-state index in [9.17, 15) is 18.8 Å². The number of aryl methyl sites for hydroxylation is 1. The molecule has 0 fully saturated rings. The van der Waals surface area contributed by atoms with Crippen molar-refractivity contribution in [2.24, 2.45) is 0 Å². The first kappa shape index (κ1) is 34.1. The van der Waals surface area contributed by atoms with Gasteiger partial charge < -0.3 is 29.0 Å². The predicted molar refractivity (Wildman–Crippen MR) is 181 cm³/mol. The van der Waals surface area contributed by atoms with E-state index in [2.05, 4.69) is 10.3 Å². The van der Waals surface area contributed by atoms with Crippen molar-refractivity contribution in [3.05, 3.63) is 105 Å².